The molecule has 0 fully saturated rings. The SMILES string of the molecule is CC(C)COc1nc(Sc2ncc[nH]2)ccc1N. The van der Waals surface area contributed by atoms with Gasteiger partial charge in [0.2, 0.25) is 5.88 Å². The molecule has 6 heteroatoms. The summed E-state index contributed by atoms with van der Waals surface area (Å²) >= 11 is 1.44. The molecule has 2 heterocycles. The summed E-state index contributed by atoms with van der Waals surface area (Å²) in [7, 11) is 0. The molecular formula is C12H16N4OS. The van der Waals surface area contributed by atoms with Crippen molar-refractivity contribution in [3.05, 3.63) is 24.5 Å². The van der Waals surface area contributed by atoms with Gasteiger partial charge in [0.1, 0.15) is 5.03 Å². The molecule has 0 bridgehead atoms. The highest BCUT2D eigenvalue weighted by Crippen LogP contribution is 2.27. The van der Waals surface area contributed by atoms with Crippen LogP contribution in [0.15, 0.2) is 34.7 Å². The number of aromatic nitrogens is 3. The predicted octanol–water partition coefficient (Wildman–Crippen LogP) is 2.57. The van der Waals surface area contributed by atoms with E-state index in [-0.39, 0.29) is 0 Å². The number of aromatic amines is 1. The maximum Gasteiger partial charge on any atom is 0.238 e. The second-order valence-electron chi connectivity index (χ2n) is 4.25. The Morgan fingerprint density at radius 1 is 1.44 bits per heavy atom. The topological polar surface area (TPSA) is 76.8 Å². The van der Waals surface area contributed by atoms with Crippen LogP contribution in [0, 0.1) is 5.92 Å². The number of hydrogen-bond donors (Lipinski definition) is 2. The molecule has 0 aliphatic rings. The largest absolute Gasteiger partial charge is 0.476 e. The van der Waals surface area contributed by atoms with Crippen LogP contribution < -0.4 is 10.5 Å². The van der Waals surface area contributed by atoms with Crippen LogP contribution in [0.1, 0.15) is 13.8 Å². The van der Waals surface area contributed by atoms with Crippen LogP contribution in [-0.4, -0.2) is 21.6 Å². The first-order valence-electron chi connectivity index (χ1n) is 5.71. The molecule has 0 atom stereocenters. The fraction of sp³-hybridized carbons (Fsp3) is 0.333. The predicted molar refractivity (Wildman–Crippen MR) is 71.7 cm³/mol. The minimum absolute atomic E-state index is 0.438. The van der Waals surface area contributed by atoms with Crippen molar-refractivity contribution in [1.29, 1.82) is 0 Å². The molecule has 5 nitrogen and oxygen atoms in total. The monoisotopic (exact) mass is 264 g/mol. The number of H-pyrrole nitrogens is 1. The molecule has 2 rings (SSSR count). The molecule has 3 N–H and O–H groups in total. The van der Waals surface area contributed by atoms with Crippen LogP contribution in [0.4, 0.5) is 5.69 Å². The smallest absolute Gasteiger partial charge is 0.238 e. The quantitative estimate of drug-likeness (QED) is 0.868. The lowest BCUT2D eigenvalue weighted by atomic mass is 10.2. The Balaban J connectivity index is 2.10. The van der Waals surface area contributed by atoms with Crippen LogP contribution in [0.2, 0.25) is 0 Å². The third kappa shape index (κ3) is 3.40. The molecule has 18 heavy (non-hydrogen) atoms. The average Bonchev–Trinajstić information content (AvgIpc) is 2.82. The number of nitrogens with one attached hydrogen (secondary N) is 1. The van der Waals surface area contributed by atoms with E-state index < -0.39 is 0 Å². The first-order chi connectivity index (χ1) is 8.65. The van der Waals surface area contributed by atoms with Gasteiger partial charge in [0.25, 0.3) is 0 Å². The number of nitrogens with zero attached hydrogens (tertiary/aromatic N) is 2. The highest BCUT2D eigenvalue weighted by atomic mass is 32.2. The van der Waals surface area contributed by atoms with Crippen molar-refractivity contribution in [2.75, 3.05) is 12.3 Å². The highest BCUT2D eigenvalue weighted by molar-refractivity contribution is 7.99. The van der Waals surface area contributed by atoms with Gasteiger partial charge in [-0.25, -0.2) is 9.97 Å². The molecule has 0 unspecified atom stereocenters. The number of hydrogen-bond acceptors (Lipinski definition) is 5. The minimum atomic E-state index is 0.438. The summed E-state index contributed by atoms with van der Waals surface area (Å²) in [6, 6.07) is 3.65. The fourth-order valence-corrected chi connectivity index (χ4v) is 1.96. The Hall–Kier alpha value is -1.69. The van der Waals surface area contributed by atoms with E-state index in [1.807, 2.05) is 6.07 Å². The molecule has 2 aromatic heterocycles. The second kappa shape index (κ2) is 5.77. The maximum absolute atomic E-state index is 5.83. The molecule has 0 aliphatic heterocycles. The van der Waals surface area contributed by atoms with E-state index in [1.165, 1.54) is 11.8 Å². The van der Waals surface area contributed by atoms with Gasteiger partial charge in [-0.05, 0) is 29.8 Å². The summed E-state index contributed by atoms with van der Waals surface area (Å²) in [5.41, 5.74) is 6.38. The summed E-state index contributed by atoms with van der Waals surface area (Å²) in [4.78, 5) is 11.5. The van der Waals surface area contributed by atoms with E-state index in [0.29, 0.717) is 24.1 Å². The van der Waals surface area contributed by atoms with Gasteiger partial charge in [0, 0.05) is 12.4 Å². The maximum atomic E-state index is 5.83. The van der Waals surface area contributed by atoms with Gasteiger partial charge in [0.05, 0.1) is 12.3 Å². The normalized spacial score (nSPS) is 10.8. The fourth-order valence-electron chi connectivity index (χ4n) is 1.26. The molecule has 0 saturated heterocycles. The van der Waals surface area contributed by atoms with Crippen molar-refractivity contribution in [3.63, 3.8) is 0 Å². The van der Waals surface area contributed by atoms with Crippen molar-refractivity contribution >= 4 is 17.4 Å². The molecule has 0 amide bonds. The molecular weight excluding hydrogens is 248 g/mol. The van der Waals surface area contributed by atoms with E-state index >= 15 is 0 Å². The summed E-state index contributed by atoms with van der Waals surface area (Å²) in [6.07, 6.45) is 3.48. The number of nitrogen functional groups attached to an aromatic ring is 1. The standard InChI is InChI=1S/C12H16N4OS/c1-8(2)7-17-11-9(13)3-4-10(16-11)18-12-14-5-6-15-12/h3-6,8H,7,13H2,1-2H3,(H,14,15). The zero-order chi connectivity index (χ0) is 13.0. The first kappa shape index (κ1) is 12.8. The molecule has 0 aromatic carbocycles. The Kier molecular flexibility index (Phi) is 4.09. The Bertz CT molecular complexity index is 499. The van der Waals surface area contributed by atoms with Crippen molar-refractivity contribution < 1.29 is 4.74 Å². The van der Waals surface area contributed by atoms with Gasteiger partial charge < -0.3 is 15.5 Å². The van der Waals surface area contributed by atoms with E-state index in [2.05, 4.69) is 28.8 Å². The zero-order valence-electron chi connectivity index (χ0n) is 10.4. The number of rotatable bonds is 5. The lowest BCUT2D eigenvalue weighted by Gasteiger charge is -2.10. The molecule has 96 valence electrons. The summed E-state index contributed by atoms with van der Waals surface area (Å²) < 4.78 is 5.58. The van der Waals surface area contributed by atoms with E-state index in [9.17, 15) is 0 Å². The first-order valence-corrected chi connectivity index (χ1v) is 6.53. The van der Waals surface area contributed by atoms with Crippen molar-refractivity contribution in [1.82, 2.24) is 15.0 Å². The third-order valence-electron chi connectivity index (χ3n) is 2.09. The van der Waals surface area contributed by atoms with Gasteiger partial charge in [0.15, 0.2) is 5.16 Å². The highest BCUT2D eigenvalue weighted by Gasteiger charge is 2.07. The van der Waals surface area contributed by atoms with Gasteiger partial charge in [-0.2, -0.15) is 0 Å². The van der Waals surface area contributed by atoms with Gasteiger partial charge >= 0.3 is 0 Å². The molecule has 0 aliphatic carbocycles. The molecule has 0 saturated carbocycles. The van der Waals surface area contributed by atoms with Crippen molar-refractivity contribution in [2.24, 2.45) is 5.92 Å². The summed E-state index contributed by atoms with van der Waals surface area (Å²) in [5.74, 6) is 0.924. The van der Waals surface area contributed by atoms with E-state index in [0.717, 1.165) is 10.2 Å². The van der Waals surface area contributed by atoms with Crippen molar-refractivity contribution in [2.45, 2.75) is 24.0 Å². The number of ether oxygens (including phenoxy) is 1. The van der Waals surface area contributed by atoms with Crippen LogP contribution in [0.3, 0.4) is 0 Å². The van der Waals surface area contributed by atoms with E-state index in [4.69, 9.17) is 10.5 Å². The number of anilines is 1. The number of imidazole rings is 1. The van der Waals surface area contributed by atoms with Crippen molar-refractivity contribution in [3.8, 4) is 5.88 Å². The zero-order valence-corrected chi connectivity index (χ0v) is 11.2. The Labute approximate surface area is 110 Å². The average molecular weight is 264 g/mol. The number of pyridine rings is 1. The number of nitrogens with two attached hydrogens (primary N) is 1. The van der Waals surface area contributed by atoms with Gasteiger partial charge in [-0.15, -0.1) is 0 Å². The van der Waals surface area contributed by atoms with Gasteiger partial charge in [-0.1, -0.05) is 13.8 Å². The lowest BCUT2D eigenvalue weighted by Crippen LogP contribution is -2.07. The second-order valence-corrected chi connectivity index (χ2v) is 5.25. The van der Waals surface area contributed by atoms with Crippen LogP contribution in [0.5, 0.6) is 5.88 Å². The molecule has 0 radical (unpaired) electrons. The Morgan fingerprint density at radius 2 is 2.28 bits per heavy atom. The summed E-state index contributed by atoms with van der Waals surface area (Å²) in [5, 5.41) is 1.60. The minimum Gasteiger partial charge on any atom is -0.476 e. The lowest BCUT2D eigenvalue weighted by molar-refractivity contribution is 0.261. The van der Waals surface area contributed by atoms with E-state index in [1.54, 1.807) is 18.5 Å². The van der Waals surface area contributed by atoms with Crippen LogP contribution in [0.25, 0.3) is 0 Å². The Morgan fingerprint density at radius 3 is 2.94 bits per heavy atom. The summed E-state index contributed by atoms with van der Waals surface area (Å²) in [6.45, 7) is 4.77. The molecule has 0 spiro atoms. The molecule has 2 aromatic rings. The van der Waals surface area contributed by atoms with Gasteiger partial charge in [-0.3, -0.25) is 0 Å². The van der Waals surface area contributed by atoms with Crippen LogP contribution >= 0.6 is 11.8 Å². The third-order valence-corrected chi connectivity index (χ3v) is 2.95. The van der Waals surface area contributed by atoms with Crippen LogP contribution in [-0.2, 0) is 0 Å².